The van der Waals surface area contributed by atoms with E-state index in [1.54, 1.807) is 18.9 Å². The maximum atomic E-state index is 5.11. The number of benzene rings is 1. The zero-order valence-electron chi connectivity index (χ0n) is 11.0. The maximum absolute atomic E-state index is 5.11. The molecule has 96 valence electrons. The van der Waals surface area contributed by atoms with Gasteiger partial charge in [-0.15, -0.1) is 11.8 Å². The summed E-state index contributed by atoms with van der Waals surface area (Å²) < 4.78 is 5.11. The molecule has 0 heterocycles. The average molecular weight is 253 g/mol. The number of nitrogens with one attached hydrogen (secondary N) is 1. The summed E-state index contributed by atoms with van der Waals surface area (Å²) in [7, 11) is 1.76. The normalized spacial score (nSPS) is 12.6. The van der Waals surface area contributed by atoms with Crippen molar-refractivity contribution in [1.82, 2.24) is 5.32 Å². The summed E-state index contributed by atoms with van der Waals surface area (Å²) >= 11 is 1.78. The van der Waals surface area contributed by atoms with E-state index >= 15 is 0 Å². The van der Waals surface area contributed by atoms with Crippen molar-refractivity contribution in [2.75, 3.05) is 26.5 Å². The quantitative estimate of drug-likeness (QED) is 0.566. The number of hydrogen-bond donors (Lipinski definition) is 1. The highest BCUT2D eigenvalue weighted by molar-refractivity contribution is 7.98. The minimum atomic E-state index is 0.450. The van der Waals surface area contributed by atoms with Crippen molar-refractivity contribution in [1.29, 1.82) is 0 Å². The molecule has 0 amide bonds. The van der Waals surface area contributed by atoms with E-state index in [0.717, 1.165) is 26.0 Å². The van der Waals surface area contributed by atoms with Crippen LogP contribution in [0, 0.1) is 0 Å². The van der Waals surface area contributed by atoms with Crippen molar-refractivity contribution >= 4 is 11.8 Å². The van der Waals surface area contributed by atoms with Gasteiger partial charge in [0.15, 0.2) is 0 Å². The van der Waals surface area contributed by atoms with Crippen molar-refractivity contribution < 1.29 is 4.74 Å². The lowest BCUT2D eigenvalue weighted by Gasteiger charge is -2.18. The van der Waals surface area contributed by atoms with Crippen LogP contribution in [-0.2, 0) is 4.74 Å². The summed E-state index contributed by atoms with van der Waals surface area (Å²) in [5.41, 5.74) is 1.38. The Morgan fingerprint density at radius 3 is 2.53 bits per heavy atom. The largest absolute Gasteiger partial charge is 0.385 e. The van der Waals surface area contributed by atoms with Crippen LogP contribution >= 0.6 is 11.8 Å². The van der Waals surface area contributed by atoms with Gasteiger partial charge in [-0.1, -0.05) is 19.1 Å². The van der Waals surface area contributed by atoms with Crippen molar-refractivity contribution in [3.8, 4) is 0 Å². The lowest BCUT2D eigenvalue weighted by atomic mass is 10.0. The summed E-state index contributed by atoms with van der Waals surface area (Å²) in [6.07, 6.45) is 4.33. The van der Waals surface area contributed by atoms with Crippen LogP contribution in [0.4, 0.5) is 0 Å². The molecule has 3 heteroatoms. The average Bonchev–Trinajstić information content (AvgIpc) is 2.38. The molecule has 0 spiro atoms. The molecule has 1 rings (SSSR count). The van der Waals surface area contributed by atoms with Gasteiger partial charge in [0.05, 0.1) is 0 Å². The Morgan fingerprint density at radius 2 is 2.00 bits per heavy atom. The number of rotatable bonds is 8. The van der Waals surface area contributed by atoms with Gasteiger partial charge in [-0.3, -0.25) is 0 Å². The first-order chi connectivity index (χ1) is 8.31. The summed E-state index contributed by atoms with van der Waals surface area (Å²) in [6, 6.07) is 9.30. The van der Waals surface area contributed by atoms with Crippen LogP contribution in [0.2, 0.25) is 0 Å². The van der Waals surface area contributed by atoms with Crippen LogP contribution in [0.15, 0.2) is 29.2 Å². The van der Waals surface area contributed by atoms with Gasteiger partial charge in [0, 0.05) is 24.7 Å². The van der Waals surface area contributed by atoms with E-state index in [4.69, 9.17) is 4.74 Å². The summed E-state index contributed by atoms with van der Waals surface area (Å²) in [5.74, 6) is 0. The molecule has 1 aromatic rings. The van der Waals surface area contributed by atoms with Crippen LogP contribution in [0.5, 0.6) is 0 Å². The Kier molecular flexibility index (Phi) is 7.33. The first-order valence-electron chi connectivity index (χ1n) is 6.18. The van der Waals surface area contributed by atoms with Crippen molar-refractivity contribution in [3.63, 3.8) is 0 Å². The molecule has 0 saturated heterocycles. The Bertz CT molecular complexity index is 300. The third-order valence-electron chi connectivity index (χ3n) is 2.81. The molecule has 1 atom stereocenters. The lowest BCUT2D eigenvalue weighted by molar-refractivity contribution is 0.189. The molecule has 1 unspecified atom stereocenters. The molecule has 0 aliphatic carbocycles. The molecule has 0 saturated carbocycles. The SMILES string of the molecule is CCNC(CCCOC)c1ccc(SC)cc1. The van der Waals surface area contributed by atoms with E-state index in [9.17, 15) is 0 Å². The standard InChI is InChI=1S/C14H23NOS/c1-4-15-14(6-5-11-16-2)12-7-9-13(17-3)10-8-12/h7-10,14-15H,4-6,11H2,1-3H3. The van der Waals surface area contributed by atoms with Crippen LogP contribution in [0.3, 0.4) is 0 Å². The minimum Gasteiger partial charge on any atom is -0.385 e. The predicted octanol–water partition coefficient (Wildman–Crippen LogP) is 3.49. The monoisotopic (exact) mass is 253 g/mol. The van der Waals surface area contributed by atoms with Gasteiger partial charge in [-0.25, -0.2) is 0 Å². The van der Waals surface area contributed by atoms with E-state index in [1.807, 2.05) is 0 Å². The van der Waals surface area contributed by atoms with E-state index in [1.165, 1.54) is 10.5 Å². The summed E-state index contributed by atoms with van der Waals surface area (Å²) in [5, 5.41) is 3.53. The smallest absolute Gasteiger partial charge is 0.0462 e. The fourth-order valence-electron chi connectivity index (χ4n) is 1.90. The van der Waals surface area contributed by atoms with E-state index in [0.29, 0.717) is 6.04 Å². The molecule has 0 fully saturated rings. The van der Waals surface area contributed by atoms with E-state index in [2.05, 4.69) is 42.8 Å². The molecule has 0 bridgehead atoms. The van der Waals surface area contributed by atoms with Gasteiger partial charge in [0.2, 0.25) is 0 Å². The lowest BCUT2D eigenvalue weighted by Crippen LogP contribution is -2.21. The minimum absolute atomic E-state index is 0.450. The third kappa shape index (κ3) is 5.11. The number of hydrogen-bond acceptors (Lipinski definition) is 3. The van der Waals surface area contributed by atoms with Crippen LogP contribution in [-0.4, -0.2) is 26.5 Å². The Labute approximate surface area is 109 Å². The third-order valence-corrected chi connectivity index (χ3v) is 3.55. The van der Waals surface area contributed by atoms with Gasteiger partial charge in [-0.2, -0.15) is 0 Å². The Balaban J connectivity index is 2.60. The molecule has 1 aromatic carbocycles. The zero-order valence-corrected chi connectivity index (χ0v) is 11.8. The second kappa shape index (κ2) is 8.56. The topological polar surface area (TPSA) is 21.3 Å². The Morgan fingerprint density at radius 1 is 1.29 bits per heavy atom. The fraction of sp³-hybridized carbons (Fsp3) is 0.571. The zero-order chi connectivity index (χ0) is 12.5. The summed E-state index contributed by atoms with van der Waals surface area (Å²) in [6.45, 7) is 3.99. The second-order valence-electron chi connectivity index (χ2n) is 4.02. The molecule has 1 N–H and O–H groups in total. The fourth-order valence-corrected chi connectivity index (χ4v) is 2.31. The van der Waals surface area contributed by atoms with Crippen LogP contribution < -0.4 is 5.32 Å². The number of methoxy groups -OCH3 is 1. The predicted molar refractivity (Wildman–Crippen MR) is 75.8 cm³/mol. The second-order valence-corrected chi connectivity index (χ2v) is 4.90. The van der Waals surface area contributed by atoms with Crippen LogP contribution in [0.1, 0.15) is 31.4 Å². The van der Waals surface area contributed by atoms with E-state index < -0.39 is 0 Å². The van der Waals surface area contributed by atoms with Gasteiger partial charge in [0.25, 0.3) is 0 Å². The highest BCUT2D eigenvalue weighted by Gasteiger charge is 2.09. The first kappa shape index (κ1) is 14.6. The van der Waals surface area contributed by atoms with Gasteiger partial charge in [-0.05, 0) is 43.3 Å². The van der Waals surface area contributed by atoms with Gasteiger partial charge >= 0.3 is 0 Å². The summed E-state index contributed by atoms with van der Waals surface area (Å²) in [4.78, 5) is 1.32. The van der Waals surface area contributed by atoms with Crippen molar-refractivity contribution in [2.24, 2.45) is 0 Å². The molecule has 0 radical (unpaired) electrons. The Hall–Kier alpha value is -0.510. The molecular formula is C14H23NOS. The van der Waals surface area contributed by atoms with E-state index in [-0.39, 0.29) is 0 Å². The van der Waals surface area contributed by atoms with Gasteiger partial charge < -0.3 is 10.1 Å². The highest BCUT2D eigenvalue weighted by Crippen LogP contribution is 2.22. The molecule has 2 nitrogen and oxygen atoms in total. The van der Waals surface area contributed by atoms with Crippen molar-refractivity contribution in [3.05, 3.63) is 29.8 Å². The van der Waals surface area contributed by atoms with Crippen molar-refractivity contribution in [2.45, 2.75) is 30.7 Å². The first-order valence-corrected chi connectivity index (χ1v) is 7.40. The highest BCUT2D eigenvalue weighted by atomic mass is 32.2. The van der Waals surface area contributed by atoms with Crippen LogP contribution in [0.25, 0.3) is 0 Å². The molecule has 0 aliphatic heterocycles. The molecule has 0 aromatic heterocycles. The maximum Gasteiger partial charge on any atom is 0.0462 e. The number of ether oxygens (including phenoxy) is 1. The molecular weight excluding hydrogens is 230 g/mol. The molecule has 17 heavy (non-hydrogen) atoms. The van der Waals surface area contributed by atoms with Gasteiger partial charge in [0.1, 0.15) is 0 Å². The molecule has 0 aliphatic rings. The number of thioether (sulfide) groups is 1.